The number of hydrogen-bond acceptors (Lipinski definition) is 4. The molecule has 5 heteroatoms. The molecule has 31 heavy (non-hydrogen) atoms. The number of aryl methyl sites for hydroxylation is 2. The first-order chi connectivity index (χ1) is 15.0. The van der Waals surface area contributed by atoms with Crippen LogP contribution in [-0.2, 0) is 6.54 Å². The molecular formula is C26H31N5. The minimum Gasteiger partial charge on any atom is -0.369 e. The highest BCUT2D eigenvalue weighted by atomic mass is 15.2. The zero-order valence-electron chi connectivity index (χ0n) is 18.9. The van der Waals surface area contributed by atoms with E-state index >= 15 is 0 Å². The average molecular weight is 414 g/mol. The highest BCUT2D eigenvalue weighted by Gasteiger charge is 2.24. The van der Waals surface area contributed by atoms with E-state index in [1.54, 1.807) is 0 Å². The van der Waals surface area contributed by atoms with Gasteiger partial charge < -0.3 is 14.7 Å². The van der Waals surface area contributed by atoms with E-state index in [0.717, 1.165) is 44.0 Å². The number of anilines is 1. The van der Waals surface area contributed by atoms with E-state index in [2.05, 4.69) is 96.3 Å². The van der Waals surface area contributed by atoms with Crippen molar-refractivity contribution < 1.29 is 0 Å². The lowest BCUT2D eigenvalue weighted by atomic mass is 9.94. The smallest absolute Gasteiger partial charge is 0.0997 e. The van der Waals surface area contributed by atoms with E-state index < -0.39 is 0 Å². The van der Waals surface area contributed by atoms with Crippen molar-refractivity contribution in [3.63, 3.8) is 0 Å². The van der Waals surface area contributed by atoms with E-state index in [1.807, 2.05) is 0 Å². The number of nitrogens with one attached hydrogen (secondary N) is 1. The van der Waals surface area contributed by atoms with E-state index in [4.69, 9.17) is 5.10 Å². The highest BCUT2D eigenvalue weighted by molar-refractivity contribution is 5.89. The van der Waals surface area contributed by atoms with Crippen LogP contribution >= 0.6 is 0 Å². The molecule has 0 unspecified atom stereocenters. The number of rotatable bonds is 3. The quantitative estimate of drug-likeness (QED) is 0.691. The zero-order chi connectivity index (χ0) is 21.5. The van der Waals surface area contributed by atoms with Crippen molar-refractivity contribution in [2.24, 2.45) is 0 Å². The lowest BCUT2D eigenvalue weighted by molar-refractivity contribution is 0.313. The van der Waals surface area contributed by atoms with Crippen molar-refractivity contribution in [2.75, 3.05) is 45.2 Å². The van der Waals surface area contributed by atoms with Gasteiger partial charge in [0.05, 0.1) is 17.9 Å². The Balaban J connectivity index is 1.49. The summed E-state index contributed by atoms with van der Waals surface area (Å²) < 4.78 is 0. The Morgan fingerprint density at radius 2 is 1.55 bits per heavy atom. The summed E-state index contributed by atoms with van der Waals surface area (Å²) >= 11 is 0. The largest absolute Gasteiger partial charge is 0.369 e. The van der Waals surface area contributed by atoms with Gasteiger partial charge in [-0.2, -0.15) is 5.10 Å². The molecule has 1 aromatic heterocycles. The maximum Gasteiger partial charge on any atom is 0.0997 e. The van der Waals surface area contributed by atoms with E-state index in [1.165, 1.54) is 39.3 Å². The van der Waals surface area contributed by atoms with Crippen LogP contribution in [0.4, 0.5) is 5.69 Å². The number of hydrogen-bond donors (Lipinski definition) is 1. The van der Waals surface area contributed by atoms with Gasteiger partial charge in [-0.1, -0.05) is 30.3 Å². The fourth-order valence-electron chi connectivity index (χ4n) is 4.83. The molecule has 0 atom stereocenters. The normalized spacial score (nSPS) is 17.0. The summed E-state index contributed by atoms with van der Waals surface area (Å²) in [6, 6.07) is 15.4. The molecule has 2 aliphatic heterocycles. The molecule has 1 saturated heterocycles. The second-order valence-corrected chi connectivity index (χ2v) is 8.95. The molecule has 2 aromatic carbocycles. The third-order valence-corrected chi connectivity index (χ3v) is 6.72. The topological polar surface area (TPSA) is 38.4 Å². The zero-order valence-corrected chi connectivity index (χ0v) is 18.9. The number of fused-ring (bicyclic) bond motifs is 1. The molecule has 3 heterocycles. The molecule has 3 aromatic rings. The summed E-state index contributed by atoms with van der Waals surface area (Å²) in [6.07, 6.45) is 2.31. The van der Waals surface area contributed by atoms with Gasteiger partial charge in [-0.15, -0.1) is 0 Å². The average Bonchev–Trinajstić information content (AvgIpc) is 3.17. The number of likely N-dealkylation sites (N-methyl/N-ethyl adjacent to an activating group) is 1. The van der Waals surface area contributed by atoms with Crippen LogP contribution in [0.2, 0.25) is 0 Å². The summed E-state index contributed by atoms with van der Waals surface area (Å²) in [6.45, 7) is 9.63. The summed E-state index contributed by atoms with van der Waals surface area (Å²) in [5.41, 5.74) is 11.1. The predicted molar refractivity (Wildman–Crippen MR) is 129 cm³/mol. The lowest BCUT2D eigenvalue weighted by Gasteiger charge is -2.34. The van der Waals surface area contributed by atoms with Crippen molar-refractivity contribution in [3.05, 3.63) is 70.4 Å². The Labute approximate surface area is 185 Å². The fourth-order valence-corrected chi connectivity index (χ4v) is 4.83. The van der Waals surface area contributed by atoms with Crippen molar-refractivity contribution in [1.82, 2.24) is 20.0 Å². The summed E-state index contributed by atoms with van der Waals surface area (Å²) in [7, 11) is 4.35. The maximum absolute atomic E-state index is 4.71. The van der Waals surface area contributed by atoms with Gasteiger partial charge in [-0.05, 0) is 50.2 Å². The number of aromatic nitrogens is 2. The second-order valence-electron chi connectivity index (χ2n) is 8.95. The highest BCUT2D eigenvalue weighted by Crippen LogP contribution is 2.36. The van der Waals surface area contributed by atoms with Crippen LogP contribution in [0.15, 0.2) is 42.5 Å². The van der Waals surface area contributed by atoms with Gasteiger partial charge in [0.2, 0.25) is 0 Å². The van der Waals surface area contributed by atoms with Crippen molar-refractivity contribution in [1.29, 1.82) is 0 Å². The number of nitrogens with zero attached hydrogens (tertiary/aromatic N) is 4. The fraction of sp³-hybridized carbons (Fsp3) is 0.346. The van der Waals surface area contributed by atoms with Crippen LogP contribution in [0, 0.1) is 13.8 Å². The van der Waals surface area contributed by atoms with Gasteiger partial charge in [0.1, 0.15) is 0 Å². The molecule has 5 nitrogen and oxygen atoms in total. The SMILES string of the molecule is Cc1cccc(C)c1C1=Cc2c(-c3ccc(N4CCN(C)CC4)cc3)n[nH]c2CN1C. The van der Waals surface area contributed by atoms with Crippen LogP contribution in [0.3, 0.4) is 0 Å². The molecule has 0 radical (unpaired) electrons. The van der Waals surface area contributed by atoms with Gasteiger partial charge in [0, 0.05) is 61.3 Å². The molecule has 0 aliphatic carbocycles. The van der Waals surface area contributed by atoms with Gasteiger partial charge in [0.25, 0.3) is 0 Å². The summed E-state index contributed by atoms with van der Waals surface area (Å²) in [5, 5.41) is 8.00. The Kier molecular flexibility index (Phi) is 5.06. The number of aromatic amines is 1. The molecule has 5 rings (SSSR count). The third kappa shape index (κ3) is 3.63. The van der Waals surface area contributed by atoms with Crippen molar-refractivity contribution >= 4 is 17.5 Å². The van der Waals surface area contributed by atoms with E-state index in [-0.39, 0.29) is 0 Å². The molecule has 0 bridgehead atoms. The van der Waals surface area contributed by atoms with Gasteiger partial charge >= 0.3 is 0 Å². The first kappa shape index (κ1) is 19.9. The molecule has 160 valence electrons. The van der Waals surface area contributed by atoms with Crippen LogP contribution < -0.4 is 4.90 Å². The first-order valence-electron chi connectivity index (χ1n) is 11.1. The lowest BCUT2D eigenvalue weighted by Crippen LogP contribution is -2.44. The minimum absolute atomic E-state index is 0.835. The predicted octanol–water partition coefficient (Wildman–Crippen LogP) is 4.39. The molecule has 0 amide bonds. The number of H-pyrrole nitrogens is 1. The van der Waals surface area contributed by atoms with Gasteiger partial charge in [-0.25, -0.2) is 0 Å². The van der Waals surface area contributed by atoms with Gasteiger partial charge in [-0.3, -0.25) is 5.10 Å². The summed E-state index contributed by atoms with van der Waals surface area (Å²) in [4.78, 5) is 7.17. The van der Waals surface area contributed by atoms with Crippen molar-refractivity contribution in [2.45, 2.75) is 20.4 Å². The third-order valence-electron chi connectivity index (χ3n) is 6.72. The first-order valence-corrected chi connectivity index (χ1v) is 11.1. The van der Waals surface area contributed by atoms with Crippen LogP contribution in [0.5, 0.6) is 0 Å². The standard InChI is InChI=1S/C26H31N5/c1-18-6-5-7-19(2)25(18)24-16-22-23(17-30(24)4)27-28-26(22)20-8-10-21(11-9-20)31-14-12-29(3)13-15-31/h5-11,16H,12-15,17H2,1-4H3,(H,27,28). The Morgan fingerprint density at radius 1 is 0.871 bits per heavy atom. The van der Waals surface area contributed by atoms with Gasteiger partial charge in [0.15, 0.2) is 0 Å². The van der Waals surface area contributed by atoms with E-state index in [0.29, 0.717) is 0 Å². The Morgan fingerprint density at radius 3 is 2.23 bits per heavy atom. The monoisotopic (exact) mass is 413 g/mol. The minimum atomic E-state index is 0.835. The second kappa shape index (κ2) is 7.89. The maximum atomic E-state index is 4.71. The summed E-state index contributed by atoms with van der Waals surface area (Å²) in [5.74, 6) is 0. The molecule has 1 N–H and O–H groups in total. The number of piperazine rings is 1. The van der Waals surface area contributed by atoms with E-state index in [9.17, 15) is 0 Å². The van der Waals surface area contributed by atoms with Crippen LogP contribution in [0.25, 0.3) is 23.0 Å². The molecular weight excluding hydrogens is 382 g/mol. The van der Waals surface area contributed by atoms with Crippen molar-refractivity contribution in [3.8, 4) is 11.3 Å². The Hall–Kier alpha value is -3.05. The van der Waals surface area contributed by atoms with Crippen LogP contribution in [0.1, 0.15) is 27.9 Å². The number of benzene rings is 2. The molecule has 2 aliphatic rings. The van der Waals surface area contributed by atoms with Crippen LogP contribution in [-0.4, -0.2) is 60.3 Å². The molecule has 0 spiro atoms. The molecule has 0 saturated carbocycles. The Bertz CT molecular complexity index is 1100. The molecule has 1 fully saturated rings.